The molecule has 106 valence electrons. The first kappa shape index (κ1) is 15.2. The molecule has 6 nitrogen and oxygen atoms in total. The van der Waals surface area contributed by atoms with Gasteiger partial charge in [-0.3, -0.25) is 14.6 Å². The van der Waals surface area contributed by atoms with Gasteiger partial charge in [-0.05, 0) is 12.8 Å². The van der Waals surface area contributed by atoms with Gasteiger partial charge in [0.2, 0.25) is 0 Å². The van der Waals surface area contributed by atoms with Crippen molar-refractivity contribution in [2.45, 2.75) is 39.5 Å². The molecule has 0 radical (unpaired) electrons. The zero-order chi connectivity index (χ0) is 14.3. The lowest BCUT2D eigenvalue weighted by Gasteiger charge is -2.22. The fraction of sp³-hybridized carbons (Fsp3) is 0.615. The Bertz CT molecular complexity index is 482. The first-order valence-corrected chi connectivity index (χ1v) is 6.71. The predicted molar refractivity (Wildman–Crippen MR) is 73.4 cm³/mol. The number of H-pyrrole nitrogens is 2. The molecule has 0 atom stereocenters. The van der Waals surface area contributed by atoms with Crippen LogP contribution in [0.5, 0.6) is 0 Å². The highest BCUT2D eigenvalue weighted by atomic mass is 16.2. The molecule has 0 saturated carbocycles. The molecule has 1 rings (SSSR count). The van der Waals surface area contributed by atoms with E-state index in [2.05, 4.69) is 23.8 Å². The van der Waals surface area contributed by atoms with Gasteiger partial charge in [0, 0.05) is 19.2 Å². The van der Waals surface area contributed by atoms with E-state index in [1.165, 1.54) is 0 Å². The Balaban J connectivity index is 2.90. The van der Waals surface area contributed by atoms with E-state index in [0.29, 0.717) is 13.1 Å². The molecule has 0 saturated heterocycles. The second-order valence-electron chi connectivity index (χ2n) is 4.50. The summed E-state index contributed by atoms with van der Waals surface area (Å²) < 4.78 is 0. The van der Waals surface area contributed by atoms with Gasteiger partial charge in [0.25, 0.3) is 11.5 Å². The highest BCUT2D eigenvalue weighted by Crippen LogP contribution is 2.04. The molecule has 1 aromatic rings. The molecule has 1 heterocycles. The third-order valence-corrected chi connectivity index (χ3v) is 2.84. The fourth-order valence-corrected chi connectivity index (χ4v) is 1.77. The Kier molecular flexibility index (Phi) is 6.05. The van der Waals surface area contributed by atoms with Gasteiger partial charge >= 0.3 is 5.69 Å². The monoisotopic (exact) mass is 267 g/mol. The van der Waals surface area contributed by atoms with Crippen molar-refractivity contribution in [1.82, 2.24) is 14.9 Å². The first-order chi connectivity index (χ1) is 9.08. The Morgan fingerprint density at radius 3 is 2.16 bits per heavy atom. The summed E-state index contributed by atoms with van der Waals surface area (Å²) in [5.41, 5.74) is -1.15. The Morgan fingerprint density at radius 1 is 1.11 bits per heavy atom. The number of hydrogen-bond donors (Lipinski definition) is 2. The lowest BCUT2D eigenvalue weighted by Crippen LogP contribution is -2.36. The lowest BCUT2D eigenvalue weighted by molar-refractivity contribution is 0.0744. The molecule has 19 heavy (non-hydrogen) atoms. The summed E-state index contributed by atoms with van der Waals surface area (Å²) in [6.45, 7) is 5.39. The van der Waals surface area contributed by atoms with E-state index < -0.39 is 11.2 Å². The van der Waals surface area contributed by atoms with Gasteiger partial charge in [0.1, 0.15) is 5.69 Å². The second kappa shape index (κ2) is 7.56. The van der Waals surface area contributed by atoms with E-state index >= 15 is 0 Å². The summed E-state index contributed by atoms with van der Waals surface area (Å²) >= 11 is 0. The van der Waals surface area contributed by atoms with E-state index in [4.69, 9.17) is 0 Å². The summed E-state index contributed by atoms with van der Waals surface area (Å²) in [7, 11) is 0. The first-order valence-electron chi connectivity index (χ1n) is 6.71. The van der Waals surface area contributed by atoms with E-state index in [0.717, 1.165) is 31.7 Å². The van der Waals surface area contributed by atoms with Gasteiger partial charge in [-0.15, -0.1) is 0 Å². The summed E-state index contributed by atoms with van der Waals surface area (Å²) in [5.74, 6) is -0.287. The van der Waals surface area contributed by atoms with Crippen molar-refractivity contribution in [3.63, 3.8) is 0 Å². The number of amides is 1. The molecule has 0 aliphatic heterocycles. The van der Waals surface area contributed by atoms with Gasteiger partial charge in [0.15, 0.2) is 0 Å². The molecular weight excluding hydrogens is 246 g/mol. The molecule has 0 fully saturated rings. The lowest BCUT2D eigenvalue weighted by atomic mass is 10.2. The van der Waals surface area contributed by atoms with Crippen LogP contribution in [0.4, 0.5) is 0 Å². The van der Waals surface area contributed by atoms with Gasteiger partial charge in [-0.25, -0.2) is 4.79 Å². The van der Waals surface area contributed by atoms with Crippen LogP contribution in [0.1, 0.15) is 50.0 Å². The zero-order valence-electron chi connectivity index (χ0n) is 11.5. The van der Waals surface area contributed by atoms with Crippen molar-refractivity contribution in [2.75, 3.05) is 13.1 Å². The van der Waals surface area contributed by atoms with Crippen LogP contribution in [0.3, 0.4) is 0 Å². The van der Waals surface area contributed by atoms with E-state index in [-0.39, 0.29) is 11.6 Å². The van der Waals surface area contributed by atoms with E-state index in [9.17, 15) is 14.4 Å². The molecule has 6 heteroatoms. The Morgan fingerprint density at radius 2 is 1.68 bits per heavy atom. The maximum absolute atomic E-state index is 12.3. The summed E-state index contributed by atoms with van der Waals surface area (Å²) in [5, 5.41) is 0. The minimum atomic E-state index is -0.651. The van der Waals surface area contributed by atoms with Crippen LogP contribution < -0.4 is 11.2 Å². The number of carbonyl (C=O) groups is 1. The number of aromatic amines is 2. The molecule has 0 aromatic carbocycles. The molecular formula is C13H21N3O3. The third kappa shape index (κ3) is 4.73. The average molecular weight is 267 g/mol. The number of nitrogens with zero attached hydrogens (tertiary/aromatic N) is 1. The number of unbranched alkanes of at least 4 members (excludes halogenated alkanes) is 2. The van der Waals surface area contributed by atoms with Gasteiger partial charge < -0.3 is 9.88 Å². The maximum atomic E-state index is 12.3. The molecule has 1 aromatic heterocycles. The smallest absolute Gasteiger partial charge is 0.326 e. The minimum absolute atomic E-state index is 0.0564. The number of rotatable bonds is 7. The largest absolute Gasteiger partial charge is 0.337 e. The molecule has 0 spiro atoms. The van der Waals surface area contributed by atoms with Gasteiger partial charge in [-0.2, -0.15) is 0 Å². The Hall–Kier alpha value is -1.85. The average Bonchev–Trinajstić information content (AvgIpc) is 2.37. The van der Waals surface area contributed by atoms with E-state index in [1.54, 1.807) is 4.90 Å². The van der Waals surface area contributed by atoms with Crippen molar-refractivity contribution in [2.24, 2.45) is 0 Å². The molecule has 0 unspecified atom stereocenters. The van der Waals surface area contributed by atoms with Crippen LogP contribution in [0.15, 0.2) is 15.7 Å². The number of nitrogens with one attached hydrogen (secondary N) is 2. The van der Waals surface area contributed by atoms with Crippen molar-refractivity contribution >= 4 is 5.91 Å². The standard InChI is InChI=1S/C13H21N3O3/c1-3-5-7-16(8-6-4-2)12(18)10-9-11(17)15-13(19)14-10/h9H,3-8H2,1-2H3,(H2,14,15,17,19). The highest BCUT2D eigenvalue weighted by molar-refractivity contribution is 5.92. The zero-order valence-corrected chi connectivity index (χ0v) is 11.5. The van der Waals surface area contributed by atoms with Crippen LogP contribution in [0.2, 0.25) is 0 Å². The normalized spacial score (nSPS) is 10.4. The molecule has 0 aliphatic rings. The molecule has 2 N–H and O–H groups in total. The molecule has 1 amide bonds. The molecule has 0 bridgehead atoms. The number of carbonyl (C=O) groups excluding carboxylic acids is 1. The van der Waals surface area contributed by atoms with Crippen LogP contribution in [-0.2, 0) is 0 Å². The maximum Gasteiger partial charge on any atom is 0.326 e. The highest BCUT2D eigenvalue weighted by Gasteiger charge is 2.16. The van der Waals surface area contributed by atoms with Crippen LogP contribution in [0, 0.1) is 0 Å². The van der Waals surface area contributed by atoms with Gasteiger partial charge in [-0.1, -0.05) is 26.7 Å². The van der Waals surface area contributed by atoms with Crippen LogP contribution in [0.25, 0.3) is 0 Å². The number of aromatic nitrogens is 2. The van der Waals surface area contributed by atoms with Crippen molar-refractivity contribution in [1.29, 1.82) is 0 Å². The fourth-order valence-electron chi connectivity index (χ4n) is 1.77. The summed E-state index contributed by atoms with van der Waals surface area (Å²) in [6.07, 6.45) is 3.79. The minimum Gasteiger partial charge on any atom is -0.337 e. The van der Waals surface area contributed by atoms with Crippen LogP contribution >= 0.6 is 0 Å². The number of hydrogen-bond acceptors (Lipinski definition) is 3. The predicted octanol–water partition coefficient (Wildman–Crippen LogP) is 1.11. The Labute approximate surface area is 111 Å². The van der Waals surface area contributed by atoms with Crippen LogP contribution in [-0.4, -0.2) is 33.9 Å². The quantitative estimate of drug-likeness (QED) is 0.775. The van der Waals surface area contributed by atoms with Gasteiger partial charge in [0.05, 0.1) is 0 Å². The van der Waals surface area contributed by atoms with Crippen molar-refractivity contribution in [3.05, 3.63) is 32.6 Å². The topological polar surface area (TPSA) is 86.0 Å². The van der Waals surface area contributed by atoms with Crippen molar-refractivity contribution < 1.29 is 4.79 Å². The summed E-state index contributed by atoms with van der Waals surface area (Å²) in [6, 6.07) is 1.13. The summed E-state index contributed by atoms with van der Waals surface area (Å²) in [4.78, 5) is 40.8. The second-order valence-corrected chi connectivity index (χ2v) is 4.50. The molecule has 0 aliphatic carbocycles. The third-order valence-electron chi connectivity index (χ3n) is 2.84. The van der Waals surface area contributed by atoms with E-state index in [1.807, 2.05) is 0 Å². The van der Waals surface area contributed by atoms with Crippen molar-refractivity contribution in [3.8, 4) is 0 Å². The SMILES string of the molecule is CCCCN(CCCC)C(=O)c1cc(=O)[nH]c(=O)[nH]1.